The minimum atomic E-state index is -1.02. The van der Waals surface area contributed by atoms with Crippen molar-refractivity contribution in [2.45, 2.75) is 19.6 Å². The van der Waals surface area contributed by atoms with Crippen molar-refractivity contribution in [2.75, 3.05) is 0 Å². The van der Waals surface area contributed by atoms with Gasteiger partial charge in [0.25, 0.3) is 11.8 Å². The number of carbonyl (C=O) groups excluding carboxylic acids is 2. The van der Waals surface area contributed by atoms with Crippen molar-refractivity contribution in [1.29, 1.82) is 0 Å². The normalized spacial score (nSPS) is 16.0. The molecule has 2 amide bonds. The molecule has 9 heteroatoms. The van der Waals surface area contributed by atoms with Gasteiger partial charge in [-0.05, 0) is 28.9 Å². The molecule has 0 saturated heterocycles. The largest absolute Gasteiger partial charge is 0.478 e. The van der Waals surface area contributed by atoms with Gasteiger partial charge in [0.2, 0.25) is 0 Å². The van der Waals surface area contributed by atoms with Crippen LogP contribution in [-0.4, -0.2) is 27.5 Å². The number of hydrogen-bond donors (Lipinski definition) is 2. The van der Waals surface area contributed by atoms with Crippen molar-refractivity contribution in [1.82, 2.24) is 9.55 Å². The zero-order valence-corrected chi connectivity index (χ0v) is 13.6. The summed E-state index contributed by atoms with van der Waals surface area (Å²) in [6, 6.07) is 2.61. The van der Waals surface area contributed by atoms with Gasteiger partial charge in [-0.25, -0.2) is 9.37 Å². The van der Waals surface area contributed by atoms with Gasteiger partial charge in [0.05, 0.1) is 16.6 Å². The molecule has 1 unspecified atom stereocenters. The summed E-state index contributed by atoms with van der Waals surface area (Å²) < 4.78 is 21.2. The molecule has 0 spiro atoms. The highest BCUT2D eigenvalue weighted by Crippen LogP contribution is 2.37. The lowest BCUT2D eigenvalue weighted by Crippen LogP contribution is -2.37. The van der Waals surface area contributed by atoms with Gasteiger partial charge < -0.3 is 20.8 Å². The van der Waals surface area contributed by atoms with Crippen LogP contribution in [0.4, 0.5) is 4.39 Å². The number of halogens is 2. The average molecular weight is 383 g/mol. The SMILES string of the molecule is Cc1c(C(N)=O)nc2n1CC(C(N)=O)Oc1cc(F)c(Br)cc1-2. The number of amides is 2. The number of fused-ring (bicyclic) bond motifs is 3. The second kappa shape index (κ2) is 5.34. The molecule has 0 aliphatic carbocycles. The highest BCUT2D eigenvalue weighted by molar-refractivity contribution is 9.10. The number of imidazole rings is 1. The zero-order chi connectivity index (χ0) is 16.9. The third-order valence-electron chi connectivity index (χ3n) is 3.65. The van der Waals surface area contributed by atoms with E-state index in [-0.39, 0.29) is 22.5 Å². The van der Waals surface area contributed by atoms with Gasteiger partial charge in [-0.15, -0.1) is 0 Å². The van der Waals surface area contributed by atoms with Gasteiger partial charge in [-0.1, -0.05) is 0 Å². The monoisotopic (exact) mass is 382 g/mol. The molecular weight excluding hydrogens is 371 g/mol. The highest BCUT2D eigenvalue weighted by Gasteiger charge is 2.31. The van der Waals surface area contributed by atoms with E-state index in [1.54, 1.807) is 11.5 Å². The second-order valence-electron chi connectivity index (χ2n) is 5.12. The number of carbonyl (C=O) groups is 2. The molecule has 120 valence electrons. The highest BCUT2D eigenvalue weighted by atomic mass is 79.9. The van der Waals surface area contributed by atoms with Crippen LogP contribution in [0.5, 0.6) is 5.75 Å². The van der Waals surface area contributed by atoms with Crippen LogP contribution in [0, 0.1) is 12.7 Å². The molecule has 7 nitrogen and oxygen atoms in total. The van der Waals surface area contributed by atoms with E-state index in [0.717, 1.165) is 6.07 Å². The quantitative estimate of drug-likeness (QED) is 0.809. The van der Waals surface area contributed by atoms with E-state index in [1.807, 2.05) is 0 Å². The Morgan fingerprint density at radius 2 is 2.13 bits per heavy atom. The van der Waals surface area contributed by atoms with Crippen molar-refractivity contribution in [3.63, 3.8) is 0 Å². The first-order valence-corrected chi connectivity index (χ1v) is 7.41. The maximum absolute atomic E-state index is 13.8. The molecule has 1 aromatic carbocycles. The lowest BCUT2D eigenvalue weighted by atomic mass is 10.2. The lowest BCUT2D eigenvalue weighted by molar-refractivity contribution is -0.125. The Kier molecular flexibility index (Phi) is 3.59. The van der Waals surface area contributed by atoms with Gasteiger partial charge in [0, 0.05) is 11.8 Å². The van der Waals surface area contributed by atoms with Crippen molar-refractivity contribution in [3.8, 4) is 17.1 Å². The number of ether oxygens (including phenoxy) is 1. The maximum atomic E-state index is 13.8. The Morgan fingerprint density at radius 3 is 2.74 bits per heavy atom. The number of hydrogen-bond acceptors (Lipinski definition) is 4. The van der Waals surface area contributed by atoms with Crippen molar-refractivity contribution >= 4 is 27.7 Å². The summed E-state index contributed by atoms with van der Waals surface area (Å²) in [5.41, 5.74) is 11.7. The van der Waals surface area contributed by atoms with Crippen LogP contribution in [0.3, 0.4) is 0 Å². The number of primary amides is 2. The Morgan fingerprint density at radius 1 is 1.43 bits per heavy atom. The third-order valence-corrected chi connectivity index (χ3v) is 4.26. The summed E-state index contributed by atoms with van der Waals surface area (Å²) in [7, 11) is 0. The molecule has 0 radical (unpaired) electrons. The molecule has 1 atom stereocenters. The molecule has 1 aliphatic heterocycles. The van der Waals surface area contributed by atoms with Gasteiger partial charge in [-0.2, -0.15) is 0 Å². The average Bonchev–Trinajstić information content (AvgIpc) is 2.70. The number of nitrogens with two attached hydrogens (primary N) is 2. The zero-order valence-electron chi connectivity index (χ0n) is 12.0. The predicted molar refractivity (Wildman–Crippen MR) is 82.2 cm³/mol. The Balaban J connectivity index is 2.31. The van der Waals surface area contributed by atoms with Crippen molar-refractivity contribution < 1.29 is 18.7 Å². The van der Waals surface area contributed by atoms with Gasteiger partial charge >= 0.3 is 0 Å². The minimum Gasteiger partial charge on any atom is -0.478 e. The second-order valence-corrected chi connectivity index (χ2v) is 5.97. The first kappa shape index (κ1) is 15.5. The summed E-state index contributed by atoms with van der Waals surface area (Å²) in [6.45, 7) is 1.70. The summed E-state index contributed by atoms with van der Waals surface area (Å²) >= 11 is 3.10. The number of benzene rings is 1. The molecule has 1 aromatic heterocycles. The molecule has 0 bridgehead atoms. The van der Waals surface area contributed by atoms with E-state index in [9.17, 15) is 14.0 Å². The van der Waals surface area contributed by atoms with Crippen LogP contribution in [0.1, 0.15) is 16.2 Å². The van der Waals surface area contributed by atoms with Crippen molar-refractivity contribution in [2.24, 2.45) is 11.5 Å². The molecule has 2 heterocycles. The van der Waals surface area contributed by atoms with Crippen LogP contribution in [0.15, 0.2) is 16.6 Å². The van der Waals surface area contributed by atoms with Gasteiger partial charge in [0.1, 0.15) is 23.1 Å². The van der Waals surface area contributed by atoms with Crippen molar-refractivity contribution in [3.05, 3.63) is 33.8 Å². The van der Waals surface area contributed by atoms with Crippen LogP contribution in [0.25, 0.3) is 11.4 Å². The summed E-state index contributed by atoms with van der Waals surface area (Å²) in [4.78, 5) is 27.4. The molecule has 2 aromatic rings. The van der Waals surface area contributed by atoms with E-state index in [4.69, 9.17) is 16.2 Å². The topological polar surface area (TPSA) is 113 Å². The van der Waals surface area contributed by atoms with E-state index in [0.29, 0.717) is 17.1 Å². The minimum absolute atomic E-state index is 0.0463. The first-order valence-electron chi connectivity index (χ1n) is 6.62. The molecule has 23 heavy (non-hydrogen) atoms. The van der Waals surface area contributed by atoms with E-state index < -0.39 is 23.7 Å². The fraction of sp³-hybridized carbons (Fsp3) is 0.214. The fourth-order valence-electron chi connectivity index (χ4n) is 2.50. The van der Waals surface area contributed by atoms with Crippen LogP contribution >= 0.6 is 15.9 Å². The standard InChI is InChI=1S/C14H12BrFN4O3/c1-5-11(13(18)22)19-14-6-2-7(15)8(16)3-9(6)23-10(12(17)21)4-20(5)14/h2-3,10H,4H2,1H3,(H2,17,21)(H2,18,22). The molecule has 0 saturated carbocycles. The molecule has 1 aliphatic rings. The Labute approximate surface area is 138 Å². The third kappa shape index (κ3) is 2.46. The predicted octanol–water partition coefficient (Wildman–Crippen LogP) is 1.11. The van der Waals surface area contributed by atoms with Gasteiger partial charge in [-0.3, -0.25) is 9.59 Å². The number of nitrogens with zero attached hydrogens (tertiary/aromatic N) is 2. The van der Waals surface area contributed by atoms with E-state index in [2.05, 4.69) is 20.9 Å². The summed E-state index contributed by atoms with van der Waals surface area (Å²) in [5.74, 6) is -1.48. The number of rotatable bonds is 2. The van der Waals surface area contributed by atoms with Crippen LogP contribution < -0.4 is 16.2 Å². The summed E-state index contributed by atoms with van der Waals surface area (Å²) in [5, 5.41) is 0. The van der Waals surface area contributed by atoms with Crippen LogP contribution in [0.2, 0.25) is 0 Å². The fourth-order valence-corrected chi connectivity index (χ4v) is 2.84. The molecular formula is C14H12BrFN4O3. The molecule has 3 rings (SSSR count). The lowest BCUT2D eigenvalue weighted by Gasteiger charge is -2.15. The van der Waals surface area contributed by atoms with E-state index in [1.165, 1.54) is 6.07 Å². The van der Waals surface area contributed by atoms with E-state index >= 15 is 0 Å². The number of aromatic nitrogens is 2. The Bertz CT molecular complexity index is 849. The summed E-state index contributed by atoms with van der Waals surface area (Å²) in [6.07, 6.45) is -1.02. The van der Waals surface area contributed by atoms with Gasteiger partial charge in [0.15, 0.2) is 6.10 Å². The molecule has 0 fully saturated rings. The smallest absolute Gasteiger partial charge is 0.269 e. The Hall–Kier alpha value is -2.42. The first-order chi connectivity index (χ1) is 10.8. The molecule has 4 N–H and O–H groups in total. The van der Waals surface area contributed by atoms with Crippen LogP contribution in [-0.2, 0) is 11.3 Å². The maximum Gasteiger partial charge on any atom is 0.269 e.